The summed E-state index contributed by atoms with van der Waals surface area (Å²) in [7, 11) is 1.91. The van der Waals surface area contributed by atoms with Crippen LogP contribution in [0.3, 0.4) is 0 Å². The normalized spacial score (nSPS) is 22.6. The predicted molar refractivity (Wildman–Crippen MR) is 86.6 cm³/mol. The molecule has 22 heavy (non-hydrogen) atoms. The van der Waals surface area contributed by atoms with Crippen molar-refractivity contribution in [2.75, 3.05) is 7.05 Å². The molecule has 0 aromatic heterocycles. The molecule has 1 aliphatic carbocycles. The second-order valence-electron chi connectivity index (χ2n) is 6.31. The number of nitrogens with zero attached hydrogens (tertiary/aromatic N) is 2. The Balaban J connectivity index is 1.61. The van der Waals surface area contributed by atoms with Crippen molar-refractivity contribution in [3.8, 4) is 0 Å². The molecule has 1 aromatic rings. The average molecular weight is 300 g/mol. The predicted octanol–water partition coefficient (Wildman–Crippen LogP) is 3.69. The Bertz CT molecular complexity index is 533. The fourth-order valence-corrected chi connectivity index (χ4v) is 3.36. The van der Waals surface area contributed by atoms with Gasteiger partial charge in [0.1, 0.15) is 5.71 Å². The maximum Gasteiger partial charge on any atom is 0.271 e. The number of hydrogen-bond donors (Lipinski definition) is 0. The highest BCUT2D eigenvalue weighted by Gasteiger charge is 2.31. The summed E-state index contributed by atoms with van der Waals surface area (Å²) in [5, 5.41) is 4.06. The van der Waals surface area contributed by atoms with Crippen molar-refractivity contribution in [2.24, 2.45) is 5.16 Å². The van der Waals surface area contributed by atoms with Crippen molar-refractivity contribution >= 4 is 11.6 Å². The average Bonchev–Trinajstić information content (AvgIpc) is 2.90. The fourth-order valence-electron chi connectivity index (χ4n) is 3.36. The molecule has 1 amide bonds. The fraction of sp³-hybridized carbons (Fsp3) is 0.556. The van der Waals surface area contributed by atoms with Gasteiger partial charge >= 0.3 is 0 Å². The van der Waals surface area contributed by atoms with Gasteiger partial charge in [0, 0.05) is 19.5 Å². The summed E-state index contributed by atoms with van der Waals surface area (Å²) in [6.45, 7) is 0. The molecule has 0 spiro atoms. The first-order chi connectivity index (χ1) is 10.8. The van der Waals surface area contributed by atoms with E-state index < -0.39 is 0 Å². The van der Waals surface area contributed by atoms with E-state index in [0.717, 1.165) is 18.4 Å². The van der Waals surface area contributed by atoms with Gasteiger partial charge in [-0.15, -0.1) is 0 Å². The quantitative estimate of drug-likeness (QED) is 0.799. The van der Waals surface area contributed by atoms with Gasteiger partial charge in [-0.25, -0.2) is 0 Å². The molecule has 0 radical (unpaired) electrons. The minimum Gasteiger partial charge on any atom is -0.387 e. The lowest BCUT2D eigenvalue weighted by Crippen LogP contribution is -2.40. The summed E-state index contributed by atoms with van der Waals surface area (Å²) < 4.78 is 0. The van der Waals surface area contributed by atoms with Crippen LogP contribution in [0.5, 0.6) is 0 Å². The first-order valence-corrected chi connectivity index (χ1v) is 8.30. The first kappa shape index (κ1) is 15.1. The number of carbonyl (C=O) groups excluding carboxylic acids is 1. The van der Waals surface area contributed by atoms with Crippen LogP contribution in [-0.4, -0.2) is 29.6 Å². The van der Waals surface area contributed by atoms with E-state index in [9.17, 15) is 4.79 Å². The molecular weight excluding hydrogens is 276 g/mol. The van der Waals surface area contributed by atoms with Crippen molar-refractivity contribution in [1.29, 1.82) is 0 Å². The Morgan fingerprint density at radius 2 is 1.82 bits per heavy atom. The van der Waals surface area contributed by atoms with E-state index in [1.54, 1.807) is 0 Å². The van der Waals surface area contributed by atoms with Crippen LogP contribution in [0, 0.1) is 0 Å². The largest absolute Gasteiger partial charge is 0.387 e. The van der Waals surface area contributed by atoms with Crippen LogP contribution in [0.1, 0.15) is 56.6 Å². The Hall–Kier alpha value is -1.84. The Kier molecular flexibility index (Phi) is 4.76. The summed E-state index contributed by atoms with van der Waals surface area (Å²) in [5.41, 5.74) is 1.63. The van der Waals surface area contributed by atoms with Gasteiger partial charge in [0.05, 0.1) is 0 Å². The Labute approximate surface area is 132 Å². The van der Waals surface area contributed by atoms with E-state index in [2.05, 4.69) is 5.16 Å². The van der Waals surface area contributed by atoms with Crippen molar-refractivity contribution < 1.29 is 9.63 Å². The molecule has 2 aliphatic rings. The lowest BCUT2D eigenvalue weighted by molar-refractivity contribution is -0.125. The molecule has 118 valence electrons. The zero-order valence-corrected chi connectivity index (χ0v) is 13.2. The van der Waals surface area contributed by atoms with Crippen LogP contribution in [-0.2, 0) is 9.63 Å². The van der Waals surface area contributed by atoms with E-state index >= 15 is 0 Å². The van der Waals surface area contributed by atoms with Gasteiger partial charge in [0.2, 0.25) is 0 Å². The zero-order valence-electron chi connectivity index (χ0n) is 13.2. The highest BCUT2D eigenvalue weighted by molar-refractivity contribution is 6.39. The Morgan fingerprint density at radius 1 is 1.14 bits per heavy atom. The number of rotatable bonds is 3. The van der Waals surface area contributed by atoms with Gasteiger partial charge < -0.3 is 9.74 Å². The van der Waals surface area contributed by atoms with Gasteiger partial charge in [0.25, 0.3) is 5.91 Å². The lowest BCUT2D eigenvalue weighted by Gasteiger charge is -2.26. The van der Waals surface area contributed by atoms with Crippen LogP contribution in [0.2, 0.25) is 0 Å². The zero-order chi connectivity index (χ0) is 15.4. The molecule has 1 unspecified atom stereocenters. The summed E-state index contributed by atoms with van der Waals surface area (Å²) in [4.78, 5) is 20.0. The lowest BCUT2D eigenvalue weighted by atomic mass is 10.0. The van der Waals surface area contributed by atoms with Gasteiger partial charge in [-0.3, -0.25) is 4.79 Å². The van der Waals surface area contributed by atoms with Crippen LogP contribution < -0.4 is 0 Å². The van der Waals surface area contributed by atoms with Crippen molar-refractivity contribution in [3.05, 3.63) is 35.9 Å². The van der Waals surface area contributed by atoms with E-state index in [0.29, 0.717) is 18.2 Å². The molecular formula is C18H24N2O2. The van der Waals surface area contributed by atoms with Crippen molar-refractivity contribution in [2.45, 2.75) is 57.1 Å². The topological polar surface area (TPSA) is 41.9 Å². The second-order valence-corrected chi connectivity index (χ2v) is 6.31. The number of benzene rings is 1. The van der Waals surface area contributed by atoms with Crippen LogP contribution in [0.15, 0.2) is 35.5 Å². The monoisotopic (exact) mass is 300 g/mol. The molecule has 1 atom stereocenters. The summed E-state index contributed by atoms with van der Waals surface area (Å²) >= 11 is 0. The molecule has 4 heteroatoms. The first-order valence-electron chi connectivity index (χ1n) is 8.30. The van der Waals surface area contributed by atoms with Crippen molar-refractivity contribution in [3.63, 3.8) is 0 Å². The van der Waals surface area contributed by atoms with Crippen LogP contribution in [0.25, 0.3) is 0 Å². The van der Waals surface area contributed by atoms with Crippen LogP contribution in [0.4, 0.5) is 0 Å². The molecule has 4 nitrogen and oxygen atoms in total. The maximum absolute atomic E-state index is 12.6. The highest BCUT2D eigenvalue weighted by atomic mass is 16.6. The van der Waals surface area contributed by atoms with Gasteiger partial charge in [0.15, 0.2) is 6.10 Å². The van der Waals surface area contributed by atoms with E-state index in [-0.39, 0.29) is 12.0 Å². The molecule has 3 rings (SSSR count). The van der Waals surface area contributed by atoms with Crippen molar-refractivity contribution in [1.82, 2.24) is 4.90 Å². The minimum absolute atomic E-state index is 0.0327. The molecule has 1 saturated carbocycles. The Morgan fingerprint density at radius 3 is 2.50 bits per heavy atom. The number of carbonyl (C=O) groups is 1. The van der Waals surface area contributed by atoms with Crippen LogP contribution >= 0.6 is 0 Å². The summed E-state index contributed by atoms with van der Waals surface area (Å²) in [6.07, 6.45) is 7.69. The standard InChI is InChI=1S/C18H24N2O2/c1-20(15-11-7-2-3-8-12-15)18(21)16-13-17(22-19-16)14-9-5-4-6-10-14/h4-6,9-10,15,17H,2-3,7-8,11-13H2,1H3. The summed E-state index contributed by atoms with van der Waals surface area (Å²) in [5.74, 6) is 0.0327. The summed E-state index contributed by atoms with van der Waals surface area (Å²) in [6, 6.07) is 10.3. The third kappa shape index (κ3) is 3.32. The van der Waals surface area contributed by atoms with Gasteiger partial charge in [-0.2, -0.15) is 0 Å². The maximum atomic E-state index is 12.6. The number of oxime groups is 1. The second kappa shape index (κ2) is 6.95. The van der Waals surface area contributed by atoms with Gasteiger partial charge in [-0.1, -0.05) is 61.2 Å². The highest BCUT2D eigenvalue weighted by Crippen LogP contribution is 2.28. The SMILES string of the molecule is CN(C(=O)C1=NOC(c2ccccc2)C1)C1CCCCCC1. The van der Waals surface area contributed by atoms with Gasteiger partial charge in [-0.05, 0) is 18.4 Å². The van der Waals surface area contributed by atoms with E-state index in [1.807, 2.05) is 42.3 Å². The molecule has 1 aliphatic heterocycles. The smallest absolute Gasteiger partial charge is 0.271 e. The third-order valence-electron chi connectivity index (χ3n) is 4.78. The molecule has 1 aromatic carbocycles. The third-order valence-corrected chi connectivity index (χ3v) is 4.78. The van der Waals surface area contributed by atoms with E-state index in [4.69, 9.17) is 4.84 Å². The van der Waals surface area contributed by atoms with E-state index in [1.165, 1.54) is 25.7 Å². The number of amides is 1. The molecule has 1 fully saturated rings. The molecule has 0 N–H and O–H groups in total. The number of hydrogen-bond acceptors (Lipinski definition) is 3. The minimum atomic E-state index is -0.123. The molecule has 0 bridgehead atoms. The molecule has 1 heterocycles. The molecule has 0 saturated heterocycles.